The maximum absolute atomic E-state index is 12.6. The van der Waals surface area contributed by atoms with Gasteiger partial charge in [0.05, 0.1) is 14.3 Å². The summed E-state index contributed by atoms with van der Waals surface area (Å²) in [6, 6.07) is 6.41. The molecule has 2 nitrogen and oxygen atoms in total. The van der Waals surface area contributed by atoms with E-state index in [1.54, 1.807) is 14.2 Å². The standard InChI is InChI=1S/C10H12O.C7H13F2N.C2H6.CH3F/c1-11-10-6-5-8-3-2-4-9(8)7-10;1-10-6-3-2-4-7(8,9)5-6;2*1-2/h5-7H,2-4H2,1H3;6,10H,2-5H2,1H3;1-2H3;1H3. The Bertz CT molecular complexity index is 466. The van der Waals surface area contributed by atoms with E-state index in [0.29, 0.717) is 13.6 Å². The molecule has 0 spiro atoms. The van der Waals surface area contributed by atoms with E-state index in [9.17, 15) is 13.2 Å². The highest BCUT2D eigenvalue weighted by atomic mass is 19.3. The Morgan fingerprint density at radius 2 is 1.72 bits per heavy atom. The van der Waals surface area contributed by atoms with Gasteiger partial charge in [0, 0.05) is 18.9 Å². The third-order valence-electron chi connectivity index (χ3n) is 4.35. The fourth-order valence-corrected chi connectivity index (χ4v) is 3.09. The van der Waals surface area contributed by atoms with E-state index in [4.69, 9.17) is 4.74 Å². The van der Waals surface area contributed by atoms with Crippen molar-refractivity contribution in [1.29, 1.82) is 0 Å². The quantitative estimate of drug-likeness (QED) is 0.742. The number of alkyl halides is 3. The van der Waals surface area contributed by atoms with Crippen molar-refractivity contribution in [2.45, 2.75) is 70.8 Å². The SMILES string of the molecule is CC.CF.CNC1CCCC(F)(F)C1.COc1ccc2c(c1)CCC2. The van der Waals surface area contributed by atoms with Crippen LogP contribution in [0.3, 0.4) is 0 Å². The van der Waals surface area contributed by atoms with Crippen LogP contribution in [0.5, 0.6) is 5.75 Å². The molecule has 0 heterocycles. The predicted octanol–water partition coefficient (Wildman–Crippen LogP) is 5.58. The van der Waals surface area contributed by atoms with Crippen LogP contribution in [0.15, 0.2) is 18.2 Å². The van der Waals surface area contributed by atoms with Crippen LogP contribution in [0.1, 0.15) is 57.1 Å². The second kappa shape index (κ2) is 13.0. The molecule has 2 aliphatic carbocycles. The van der Waals surface area contributed by atoms with Crippen molar-refractivity contribution in [1.82, 2.24) is 5.32 Å². The van der Waals surface area contributed by atoms with Gasteiger partial charge >= 0.3 is 0 Å². The first-order valence-corrected chi connectivity index (χ1v) is 9.13. The molecular formula is C20H34F3NO. The molecule has 1 atom stereocenters. The summed E-state index contributed by atoms with van der Waals surface area (Å²) >= 11 is 0. The number of fused-ring (bicyclic) bond motifs is 1. The predicted molar refractivity (Wildman–Crippen MR) is 99.7 cm³/mol. The molecule has 0 saturated heterocycles. The highest BCUT2D eigenvalue weighted by Crippen LogP contribution is 2.32. The second-order valence-corrected chi connectivity index (χ2v) is 5.93. The van der Waals surface area contributed by atoms with Crippen LogP contribution in [-0.4, -0.2) is 33.3 Å². The summed E-state index contributed by atoms with van der Waals surface area (Å²) in [5.74, 6) is -1.42. The normalized spacial score (nSPS) is 19.8. The van der Waals surface area contributed by atoms with Crippen LogP contribution in [0, 0.1) is 0 Å². The average molecular weight is 361 g/mol. The Balaban J connectivity index is 0.000000387. The molecular weight excluding hydrogens is 327 g/mol. The number of hydrogen-bond acceptors (Lipinski definition) is 2. The van der Waals surface area contributed by atoms with Gasteiger partial charge in [-0.05, 0) is 62.4 Å². The van der Waals surface area contributed by atoms with E-state index in [2.05, 4.69) is 17.4 Å². The van der Waals surface area contributed by atoms with Gasteiger partial charge in [0.1, 0.15) is 5.75 Å². The fraction of sp³-hybridized carbons (Fsp3) is 0.700. The minimum atomic E-state index is -2.41. The Hall–Kier alpha value is -1.23. The van der Waals surface area contributed by atoms with Gasteiger partial charge in [0.25, 0.3) is 0 Å². The molecule has 1 saturated carbocycles. The molecule has 5 heteroatoms. The maximum Gasteiger partial charge on any atom is 0.249 e. The summed E-state index contributed by atoms with van der Waals surface area (Å²) in [4.78, 5) is 0. The summed E-state index contributed by atoms with van der Waals surface area (Å²) in [6.07, 6.45) is 5.42. The second-order valence-electron chi connectivity index (χ2n) is 5.93. The number of ether oxygens (including phenoxy) is 1. The van der Waals surface area contributed by atoms with Gasteiger partial charge in [-0.2, -0.15) is 0 Å². The van der Waals surface area contributed by atoms with Gasteiger partial charge in [0.15, 0.2) is 0 Å². The van der Waals surface area contributed by atoms with Gasteiger partial charge in [-0.25, -0.2) is 8.78 Å². The molecule has 0 aromatic heterocycles. The lowest BCUT2D eigenvalue weighted by molar-refractivity contribution is -0.0432. The number of rotatable bonds is 2. The lowest BCUT2D eigenvalue weighted by Gasteiger charge is -2.28. The largest absolute Gasteiger partial charge is 0.497 e. The number of nitrogens with one attached hydrogen (secondary N) is 1. The minimum absolute atomic E-state index is 0.0174. The van der Waals surface area contributed by atoms with Crippen molar-refractivity contribution in [2.75, 3.05) is 21.3 Å². The van der Waals surface area contributed by atoms with Crippen molar-refractivity contribution in [3.8, 4) is 5.75 Å². The molecule has 0 aliphatic heterocycles. The van der Waals surface area contributed by atoms with E-state index in [0.717, 1.165) is 12.2 Å². The molecule has 25 heavy (non-hydrogen) atoms. The van der Waals surface area contributed by atoms with Gasteiger partial charge in [-0.1, -0.05) is 19.9 Å². The van der Waals surface area contributed by atoms with Crippen molar-refractivity contribution in [2.24, 2.45) is 0 Å². The first kappa shape index (κ1) is 23.8. The third-order valence-corrected chi connectivity index (χ3v) is 4.35. The minimum Gasteiger partial charge on any atom is -0.497 e. The zero-order valence-corrected chi connectivity index (χ0v) is 16.3. The third kappa shape index (κ3) is 8.61. The molecule has 0 bridgehead atoms. The molecule has 1 aromatic rings. The molecule has 1 aromatic carbocycles. The van der Waals surface area contributed by atoms with E-state index in [1.165, 1.54) is 30.4 Å². The van der Waals surface area contributed by atoms with Gasteiger partial charge in [-0.15, -0.1) is 0 Å². The van der Waals surface area contributed by atoms with Crippen LogP contribution < -0.4 is 10.1 Å². The zero-order valence-electron chi connectivity index (χ0n) is 16.3. The number of hydrogen-bond donors (Lipinski definition) is 1. The van der Waals surface area contributed by atoms with E-state index in [1.807, 2.05) is 19.9 Å². The van der Waals surface area contributed by atoms with Crippen LogP contribution in [-0.2, 0) is 12.8 Å². The lowest BCUT2D eigenvalue weighted by atomic mass is 9.92. The van der Waals surface area contributed by atoms with Crippen LogP contribution in [0.2, 0.25) is 0 Å². The lowest BCUT2D eigenvalue weighted by Crippen LogP contribution is -2.37. The molecule has 0 radical (unpaired) electrons. The van der Waals surface area contributed by atoms with Crippen molar-refractivity contribution in [3.05, 3.63) is 29.3 Å². The smallest absolute Gasteiger partial charge is 0.249 e. The van der Waals surface area contributed by atoms with Crippen LogP contribution in [0.25, 0.3) is 0 Å². The number of benzene rings is 1. The van der Waals surface area contributed by atoms with E-state index < -0.39 is 5.92 Å². The fourth-order valence-electron chi connectivity index (χ4n) is 3.09. The Labute approximate surface area is 151 Å². The summed E-state index contributed by atoms with van der Waals surface area (Å²) in [7, 11) is 3.96. The van der Waals surface area contributed by atoms with E-state index >= 15 is 0 Å². The number of methoxy groups -OCH3 is 1. The molecule has 1 N–H and O–H groups in total. The Morgan fingerprint density at radius 3 is 2.24 bits per heavy atom. The van der Waals surface area contributed by atoms with Crippen LogP contribution in [0.4, 0.5) is 13.2 Å². The summed E-state index contributed by atoms with van der Waals surface area (Å²) in [6.45, 7) is 4.00. The maximum atomic E-state index is 12.6. The topological polar surface area (TPSA) is 21.3 Å². The summed E-state index contributed by atoms with van der Waals surface area (Å²) < 4.78 is 39.8. The number of aryl methyl sites for hydroxylation is 2. The highest BCUT2D eigenvalue weighted by Gasteiger charge is 2.35. The number of halogens is 3. The molecule has 146 valence electrons. The van der Waals surface area contributed by atoms with Crippen molar-refractivity contribution >= 4 is 0 Å². The molecule has 1 unspecified atom stereocenters. The molecule has 1 fully saturated rings. The average Bonchev–Trinajstić information content (AvgIpc) is 3.12. The van der Waals surface area contributed by atoms with Crippen molar-refractivity contribution in [3.63, 3.8) is 0 Å². The van der Waals surface area contributed by atoms with E-state index in [-0.39, 0.29) is 18.9 Å². The van der Waals surface area contributed by atoms with Gasteiger partial charge < -0.3 is 10.1 Å². The van der Waals surface area contributed by atoms with Gasteiger partial charge in [-0.3, -0.25) is 4.39 Å². The zero-order chi connectivity index (χ0) is 19.3. The molecule has 2 aliphatic rings. The summed E-state index contributed by atoms with van der Waals surface area (Å²) in [5, 5.41) is 2.88. The molecule has 3 rings (SSSR count). The van der Waals surface area contributed by atoms with Crippen LogP contribution >= 0.6 is 0 Å². The summed E-state index contributed by atoms with van der Waals surface area (Å²) in [5.41, 5.74) is 2.98. The van der Waals surface area contributed by atoms with Gasteiger partial charge in [0.2, 0.25) is 5.92 Å². The first-order valence-electron chi connectivity index (χ1n) is 9.13. The Kier molecular flexibility index (Phi) is 12.4. The molecule has 0 amide bonds. The van der Waals surface area contributed by atoms with Crippen molar-refractivity contribution < 1.29 is 17.9 Å². The monoisotopic (exact) mass is 361 g/mol. The highest BCUT2D eigenvalue weighted by molar-refractivity contribution is 5.38. The Morgan fingerprint density at radius 1 is 1.08 bits per heavy atom. The first-order chi connectivity index (χ1) is 12.0.